The van der Waals surface area contributed by atoms with Gasteiger partial charge in [0.25, 0.3) is 0 Å². The van der Waals surface area contributed by atoms with Crippen LogP contribution in [0.5, 0.6) is 0 Å². The molecule has 0 atom stereocenters. The molecule has 3 heterocycles. The van der Waals surface area contributed by atoms with Gasteiger partial charge in [0.1, 0.15) is 11.5 Å². The number of halogens is 1. The molecule has 1 fully saturated rings. The number of likely N-dealkylation sites (N-methyl/N-ethyl adjacent to an activating group) is 1. The Balaban J connectivity index is 1.43. The molecule has 0 amide bonds. The van der Waals surface area contributed by atoms with Gasteiger partial charge in [0.05, 0.1) is 18.1 Å². The number of benzene rings is 2. The number of piperazine rings is 1. The Kier molecular flexibility index (Phi) is 5.88. The number of furan rings is 1. The summed E-state index contributed by atoms with van der Waals surface area (Å²) in [5.41, 5.74) is 5.13. The van der Waals surface area contributed by atoms with Gasteiger partial charge >= 0.3 is 0 Å². The van der Waals surface area contributed by atoms with Gasteiger partial charge in [0, 0.05) is 38.3 Å². The highest BCUT2D eigenvalue weighted by Gasteiger charge is 2.21. The maximum Gasteiger partial charge on any atom is 0.152 e. The number of nitrogens with zero attached hydrogens (tertiary/aromatic N) is 4. The van der Waals surface area contributed by atoms with Gasteiger partial charge in [-0.2, -0.15) is 5.10 Å². The minimum Gasteiger partial charge on any atom is -0.463 e. The maximum atomic E-state index is 13.2. The SMILES string of the molecule is CCN1CCN(Cc2cnn(-c3ccc(-c4ccc(F)cc4)cc3)c2-c2ccco2)CC1. The molecule has 0 saturated carbocycles. The van der Waals surface area contributed by atoms with Crippen molar-refractivity contribution in [1.82, 2.24) is 19.6 Å². The van der Waals surface area contributed by atoms with Gasteiger partial charge in [0.2, 0.25) is 0 Å². The third-order valence-electron chi connectivity index (χ3n) is 6.20. The monoisotopic (exact) mass is 430 g/mol. The summed E-state index contributed by atoms with van der Waals surface area (Å²) >= 11 is 0. The Morgan fingerprint density at radius 1 is 0.875 bits per heavy atom. The quantitative estimate of drug-likeness (QED) is 0.428. The van der Waals surface area contributed by atoms with Crippen LogP contribution in [-0.2, 0) is 6.54 Å². The summed E-state index contributed by atoms with van der Waals surface area (Å²) in [6.45, 7) is 8.50. The number of hydrogen-bond donors (Lipinski definition) is 0. The molecule has 1 aliphatic heterocycles. The molecular weight excluding hydrogens is 403 g/mol. The van der Waals surface area contributed by atoms with Crippen molar-refractivity contribution in [3.8, 4) is 28.3 Å². The smallest absolute Gasteiger partial charge is 0.152 e. The van der Waals surface area contributed by atoms with Crippen molar-refractivity contribution in [2.24, 2.45) is 0 Å². The molecule has 0 N–H and O–H groups in total. The van der Waals surface area contributed by atoms with Crippen molar-refractivity contribution in [3.05, 3.63) is 84.5 Å². The molecule has 0 unspecified atom stereocenters. The molecule has 0 aliphatic carbocycles. The summed E-state index contributed by atoms with van der Waals surface area (Å²) in [7, 11) is 0. The van der Waals surface area contributed by atoms with E-state index in [1.807, 2.05) is 47.3 Å². The van der Waals surface area contributed by atoms with Crippen LogP contribution in [0.25, 0.3) is 28.3 Å². The normalized spacial score (nSPS) is 15.3. The number of aromatic nitrogens is 2. The maximum absolute atomic E-state index is 13.2. The molecule has 32 heavy (non-hydrogen) atoms. The highest BCUT2D eigenvalue weighted by atomic mass is 19.1. The lowest BCUT2D eigenvalue weighted by atomic mass is 10.1. The molecule has 0 bridgehead atoms. The van der Waals surface area contributed by atoms with Gasteiger partial charge in [0.15, 0.2) is 5.76 Å². The van der Waals surface area contributed by atoms with E-state index in [0.29, 0.717) is 0 Å². The molecule has 0 spiro atoms. The van der Waals surface area contributed by atoms with E-state index in [4.69, 9.17) is 9.52 Å². The second-order valence-electron chi connectivity index (χ2n) is 8.17. The van der Waals surface area contributed by atoms with Crippen molar-refractivity contribution < 1.29 is 8.81 Å². The summed E-state index contributed by atoms with van der Waals surface area (Å²) < 4.78 is 21.0. The first-order chi connectivity index (χ1) is 15.7. The first kappa shape index (κ1) is 20.7. The summed E-state index contributed by atoms with van der Waals surface area (Å²) in [6, 6.07) is 18.6. The van der Waals surface area contributed by atoms with Crippen LogP contribution in [0.2, 0.25) is 0 Å². The molecule has 5 rings (SSSR count). The van der Waals surface area contributed by atoms with E-state index in [1.165, 1.54) is 12.1 Å². The van der Waals surface area contributed by atoms with E-state index in [0.717, 1.165) is 73.1 Å². The Bertz CT molecular complexity index is 1140. The lowest BCUT2D eigenvalue weighted by molar-refractivity contribution is 0.132. The van der Waals surface area contributed by atoms with E-state index in [-0.39, 0.29) is 5.82 Å². The largest absolute Gasteiger partial charge is 0.463 e. The van der Waals surface area contributed by atoms with E-state index >= 15 is 0 Å². The Hall–Kier alpha value is -3.22. The van der Waals surface area contributed by atoms with Crippen LogP contribution in [0.1, 0.15) is 12.5 Å². The van der Waals surface area contributed by atoms with Gasteiger partial charge in [-0.3, -0.25) is 4.90 Å². The second-order valence-corrected chi connectivity index (χ2v) is 8.17. The Morgan fingerprint density at radius 2 is 1.53 bits per heavy atom. The Labute approximate surface area is 187 Å². The zero-order chi connectivity index (χ0) is 21.9. The summed E-state index contributed by atoms with van der Waals surface area (Å²) in [5, 5.41) is 4.72. The standard InChI is InChI=1S/C26H27FN4O/c1-2-29-13-15-30(16-14-29)19-22-18-28-31(26(22)25-4-3-17-32-25)24-11-7-21(8-12-24)20-5-9-23(27)10-6-20/h3-12,17-18H,2,13-16,19H2,1H3. The van der Waals surface area contributed by atoms with Crippen molar-refractivity contribution in [3.63, 3.8) is 0 Å². The van der Waals surface area contributed by atoms with Gasteiger partial charge in [-0.1, -0.05) is 31.2 Å². The molecule has 5 nitrogen and oxygen atoms in total. The third kappa shape index (κ3) is 4.24. The topological polar surface area (TPSA) is 37.4 Å². The number of rotatable bonds is 6. The summed E-state index contributed by atoms with van der Waals surface area (Å²) in [6.07, 6.45) is 3.66. The van der Waals surface area contributed by atoms with Crippen LogP contribution in [0.3, 0.4) is 0 Å². The van der Waals surface area contributed by atoms with Gasteiger partial charge in [-0.05, 0) is 54.1 Å². The first-order valence-corrected chi connectivity index (χ1v) is 11.1. The average Bonchev–Trinajstić information content (AvgIpc) is 3.50. The van der Waals surface area contributed by atoms with Crippen molar-refractivity contribution in [2.45, 2.75) is 13.5 Å². The first-order valence-electron chi connectivity index (χ1n) is 11.1. The van der Waals surface area contributed by atoms with E-state index < -0.39 is 0 Å². The van der Waals surface area contributed by atoms with Crippen LogP contribution in [0.15, 0.2) is 77.5 Å². The molecule has 2 aromatic heterocycles. The van der Waals surface area contributed by atoms with E-state index in [9.17, 15) is 4.39 Å². The number of hydrogen-bond acceptors (Lipinski definition) is 4. The summed E-state index contributed by atoms with van der Waals surface area (Å²) in [5.74, 6) is 0.584. The van der Waals surface area contributed by atoms with Crippen molar-refractivity contribution >= 4 is 0 Å². The zero-order valence-electron chi connectivity index (χ0n) is 18.2. The minimum absolute atomic E-state index is 0.228. The molecule has 164 valence electrons. The van der Waals surface area contributed by atoms with E-state index in [1.54, 1.807) is 18.4 Å². The predicted octanol–water partition coefficient (Wildman–Crippen LogP) is 5.08. The Morgan fingerprint density at radius 3 is 2.16 bits per heavy atom. The zero-order valence-corrected chi connectivity index (χ0v) is 18.2. The van der Waals surface area contributed by atoms with Crippen LogP contribution in [-0.4, -0.2) is 52.3 Å². The highest BCUT2D eigenvalue weighted by Crippen LogP contribution is 2.29. The molecule has 1 aliphatic rings. The van der Waals surface area contributed by atoms with Crippen LogP contribution < -0.4 is 0 Å². The van der Waals surface area contributed by atoms with Crippen molar-refractivity contribution in [1.29, 1.82) is 0 Å². The van der Waals surface area contributed by atoms with Gasteiger partial charge in [-0.15, -0.1) is 0 Å². The minimum atomic E-state index is -0.228. The summed E-state index contributed by atoms with van der Waals surface area (Å²) in [4.78, 5) is 4.97. The second kappa shape index (κ2) is 9.10. The molecule has 1 saturated heterocycles. The fraction of sp³-hybridized carbons (Fsp3) is 0.269. The third-order valence-corrected chi connectivity index (χ3v) is 6.20. The van der Waals surface area contributed by atoms with Crippen LogP contribution in [0, 0.1) is 5.82 Å². The lowest BCUT2D eigenvalue weighted by Gasteiger charge is -2.33. The fourth-order valence-electron chi connectivity index (χ4n) is 4.31. The van der Waals surface area contributed by atoms with Gasteiger partial charge < -0.3 is 9.32 Å². The highest BCUT2D eigenvalue weighted by molar-refractivity contribution is 5.66. The fourth-order valence-corrected chi connectivity index (χ4v) is 4.31. The molecule has 4 aromatic rings. The molecular formula is C26H27FN4O. The van der Waals surface area contributed by atoms with Crippen LogP contribution >= 0.6 is 0 Å². The van der Waals surface area contributed by atoms with Crippen LogP contribution in [0.4, 0.5) is 4.39 Å². The molecule has 6 heteroatoms. The van der Waals surface area contributed by atoms with Crippen molar-refractivity contribution in [2.75, 3.05) is 32.7 Å². The average molecular weight is 431 g/mol. The van der Waals surface area contributed by atoms with Gasteiger partial charge in [-0.25, -0.2) is 9.07 Å². The predicted molar refractivity (Wildman–Crippen MR) is 124 cm³/mol. The molecule has 2 aromatic carbocycles. The lowest BCUT2D eigenvalue weighted by Crippen LogP contribution is -2.45. The molecule has 0 radical (unpaired) electrons. The van der Waals surface area contributed by atoms with E-state index in [2.05, 4.69) is 16.7 Å².